The van der Waals surface area contributed by atoms with Crippen molar-refractivity contribution in [2.45, 2.75) is 38.6 Å². The number of carbonyl (C=O) groups excluding carboxylic acids is 1. The highest BCUT2D eigenvalue weighted by Crippen LogP contribution is 2.28. The lowest BCUT2D eigenvalue weighted by Gasteiger charge is -2.28. The third-order valence-electron chi connectivity index (χ3n) is 4.07. The van der Waals surface area contributed by atoms with Crippen molar-refractivity contribution in [1.82, 2.24) is 5.32 Å². The fourth-order valence-corrected chi connectivity index (χ4v) is 2.66. The molecule has 1 heterocycles. The van der Waals surface area contributed by atoms with Gasteiger partial charge in [0.25, 0.3) is 0 Å². The maximum Gasteiger partial charge on any atom is 0.223 e. The predicted molar refractivity (Wildman–Crippen MR) is 77.1 cm³/mol. The first-order valence-corrected chi connectivity index (χ1v) is 7.44. The van der Waals surface area contributed by atoms with E-state index in [1.165, 1.54) is 43.6 Å². The summed E-state index contributed by atoms with van der Waals surface area (Å²) in [4.78, 5) is 14.0. The van der Waals surface area contributed by atoms with E-state index in [0.29, 0.717) is 12.5 Å². The second-order valence-corrected chi connectivity index (χ2v) is 5.71. The standard InChI is InChI=1S/C16H22N2O/c19-16(14-6-7-14)17-12-13-4-8-15(9-5-13)18-10-2-1-3-11-18/h4-5,8-9,14H,1-3,6-7,10-12H2,(H,17,19). The van der Waals surface area contributed by atoms with Crippen LogP contribution < -0.4 is 10.2 Å². The number of amides is 1. The Morgan fingerprint density at radius 2 is 1.79 bits per heavy atom. The molecule has 3 heteroatoms. The van der Waals surface area contributed by atoms with Gasteiger partial charge in [-0.05, 0) is 49.8 Å². The summed E-state index contributed by atoms with van der Waals surface area (Å²) in [6.45, 7) is 3.02. The average Bonchev–Trinajstić information content (AvgIpc) is 3.31. The number of hydrogen-bond acceptors (Lipinski definition) is 2. The average molecular weight is 258 g/mol. The molecule has 19 heavy (non-hydrogen) atoms. The number of nitrogens with zero attached hydrogens (tertiary/aromatic N) is 1. The molecule has 0 atom stereocenters. The molecule has 0 spiro atoms. The van der Waals surface area contributed by atoms with Crippen molar-refractivity contribution >= 4 is 11.6 Å². The predicted octanol–water partition coefficient (Wildman–Crippen LogP) is 2.70. The topological polar surface area (TPSA) is 32.3 Å². The zero-order valence-corrected chi connectivity index (χ0v) is 11.4. The van der Waals surface area contributed by atoms with E-state index in [-0.39, 0.29) is 5.91 Å². The Morgan fingerprint density at radius 1 is 1.11 bits per heavy atom. The number of hydrogen-bond donors (Lipinski definition) is 1. The Morgan fingerprint density at radius 3 is 2.42 bits per heavy atom. The summed E-state index contributed by atoms with van der Waals surface area (Å²) < 4.78 is 0. The van der Waals surface area contributed by atoms with Crippen molar-refractivity contribution in [2.75, 3.05) is 18.0 Å². The van der Waals surface area contributed by atoms with Crippen LogP contribution in [-0.4, -0.2) is 19.0 Å². The lowest BCUT2D eigenvalue weighted by Crippen LogP contribution is -2.29. The quantitative estimate of drug-likeness (QED) is 0.900. The van der Waals surface area contributed by atoms with Crippen molar-refractivity contribution in [3.05, 3.63) is 29.8 Å². The number of rotatable bonds is 4. The SMILES string of the molecule is O=C(NCc1ccc(N2CCCCC2)cc1)C1CC1. The molecule has 0 aromatic heterocycles. The second kappa shape index (κ2) is 5.64. The summed E-state index contributed by atoms with van der Waals surface area (Å²) in [5.41, 5.74) is 2.51. The first-order chi connectivity index (χ1) is 9.33. The molecule has 1 aromatic carbocycles. The number of anilines is 1. The fourth-order valence-electron chi connectivity index (χ4n) is 2.66. The van der Waals surface area contributed by atoms with Gasteiger partial charge >= 0.3 is 0 Å². The molecule has 102 valence electrons. The van der Waals surface area contributed by atoms with Crippen LogP contribution in [0.1, 0.15) is 37.7 Å². The first-order valence-electron chi connectivity index (χ1n) is 7.44. The molecule has 0 unspecified atom stereocenters. The lowest BCUT2D eigenvalue weighted by molar-refractivity contribution is -0.122. The Hall–Kier alpha value is -1.51. The van der Waals surface area contributed by atoms with Gasteiger partial charge in [0.15, 0.2) is 0 Å². The van der Waals surface area contributed by atoms with Gasteiger partial charge in [-0.3, -0.25) is 4.79 Å². The highest BCUT2D eigenvalue weighted by atomic mass is 16.2. The zero-order chi connectivity index (χ0) is 13.1. The molecule has 1 amide bonds. The number of carbonyl (C=O) groups is 1. The van der Waals surface area contributed by atoms with Crippen LogP contribution in [0.3, 0.4) is 0 Å². The van der Waals surface area contributed by atoms with Crippen LogP contribution in [0.2, 0.25) is 0 Å². The summed E-state index contributed by atoms with van der Waals surface area (Å²) in [6.07, 6.45) is 6.11. The van der Waals surface area contributed by atoms with Gasteiger partial charge in [-0.2, -0.15) is 0 Å². The molecule has 1 aliphatic carbocycles. The van der Waals surface area contributed by atoms with Gasteiger partial charge in [-0.1, -0.05) is 12.1 Å². The van der Waals surface area contributed by atoms with Crippen LogP contribution in [-0.2, 0) is 11.3 Å². The summed E-state index contributed by atoms with van der Waals surface area (Å²) in [5.74, 6) is 0.521. The van der Waals surface area contributed by atoms with Gasteiger partial charge < -0.3 is 10.2 Å². The van der Waals surface area contributed by atoms with E-state index >= 15 is 0 Å². The maximum atomic E-state index is 11.6. The zero-order valence-electron chi connectivity index (χ0n) is 11.4. The molecule has 3 rings (SSSR count). The normalized spacial score (nSPS) is 19.3. The lowest BCUT2D eigenvalue weighted by atomic mass is 10.1. The van der Waals surface area contributed by atoms with E-state index < -0.39 is 0 Å². The van der Waals surface area contributed by atoms with E-state index in [2.05, 4.69) is 34.5 Å². The van der Waals surface area contributed by atoms with Crippen molar-refractivity contribution in [1.29, 1.82) is 0 Å². The number of benzene rings is 1. The maximum absolute atomic E-state index is 11.6. The van der Waals surface area contributed by atoms with Crippen LogP contribution >= 0.6 is 0 Å². The molecule has 1 aromatic rings. The summed E-state index contributed by atoms with van der Waals surface area (Å²) >= 11 is 0. The van der Waals surface area contributed by atoms with Crippen LogP contribution in [0.15, 0.2) is 24.3 Å². The van der Waals surface area contributed by atoms with Crippen molar-refractivity contribution < 1.29 is 4.79 Å². The van der Waals surface area contributed by atoms with Gasteiger partial charge in [0.05, 0.1) is 0 Å². The summed E-state index contributed by atoms with van der Waals surface area (Å²) in [5, 5.41) is 3.01. The number of nitrogens with one attached hydrogen (secondary N) is 1. The molecule has 1 saturated heterocycles. The van der Waals surface area contributed by atoms with Gasteiger partial charge in [0, 0.05) is 31.2 Å². The van der Waals surface area contributed by atoms with Gasteiger partial charge in [0.2, 0.25) is 5.91 Å². The Labute approximate surface area is 115 Å². The highest BCUT2D eigenvalue weighted by molar-refractivity contribution is 5.80. The van der Waals surface area contributed by atoms with Gasteiger partial charge in [-0.25, -0.2) is 0 Å². The molecule has 2 aliphatic rings. The van der Waals surface area contributed by atoms with Gasteiger partial charge in [0.1, 0.15) is 0 Å². The van der Waals surface area contributed by atoms with Crippen LogP contribution in [0.25, 0.3) is 0 Å². The van der Waals surface area contributed by atoms with E-state index in [1.807, 2.05) is 0 Å². The highest BCUT2D eigenvalue weighted by Gasteiger charge is 2.29. The monoisotopic (exact) mass is 258 g/mol. The van der Waals surface area contributed by atoms with E-state index in [9.17, 15) is 4.79 Å². The first kappa shape index (κ1) is 12.5. The minimum absolute atomic E-state index is 0.222. The molecular formula is C16H22N2O. The second-order valence-electron chi connectivity index (χ2n) is 5.71. The van der Waals surface area contributed by atoms with Crippen LogP contribution in [0, 0.1) is 5.92 Å². The van der Waals surface area contributed by atoms with E-state index in [0.717, 1.165) is 12.8 Å². The van der Waals surface area contributed by atoms with E-state index in [1.54, 1.807) is 0 Å². The molecule has 1 saturated carbocycles. The summed E-state index contributed by atoms with van der Waals surface area (Å²) in [6, 6.07) is 8.64. The minimum Gasteiger partial charge on any atom is -0.372 e. The molecule has 2 fully saturated rings. The molecule has 0 bridgehead atoms. The Balaban J connectivity index is 1.54. The molecule has 0 radical (unpaired) electrons. The Bertz CT molecular complexity index is 431. The minimum atomic E-state index is 0.222. The number of piperidine rings is 1. The Kier molecular flexibility index (Phi) is 3.72. The third kappa shape index (κ3) is 3.28. The van der Waals surface area contributed by atoms with E-state index in [4.69, 9.17) is 0 Å². The van der Waals surface area contributed by atoms with Crippen LogP contribution in [0.4, 0.5) is 5.69 Å². The van der Waals surface area contributed by atoms with Crippen molar-refractivity contribution in [3.8, 4) is 0 Å². The van der Waals surface area contributed by atoms with Gasteiger partial charge in [-0.15, -0.1) is 0 Å². The molecule has 3 nitrogen and oxygen atoms in total. The third-order valence-corrected chi connectivity index (χ3v) is 4.07. The summed E-state index contributed by atoms with van der Waals surface area (Å²) in [7, 11) is 0. The van der Waals surface area contributed by atoms with Crippen LogP contribution in [0.5, 0.6) is 0 Å². The molecule has 1 aliphatic heterocycles. The van der Waals surface area contributed by atoms with Crippen molar-refractivity contribution in [3.63, 3.8) is 0 Å². The molecule has 1 N–H and O–H groups in total. The molecular weight excluding hydrogens is 236 g/mol. The fraction of sp³-hybridized carbons (Fsp3) is 0.562. The largest absolute Gasteiger partial charge is 0.372 e. The van der Waals surface area contributed by atoms with Crippen molar-refractivity contribution in [2.24, 2.45) is 5.92 Å². The smallest absolute Gasteiger partial charge is 0.223 e.